The Morgan fingerprint density at radius 2 is 1.36 bits per heavy atom. The molecule has 0 radical (unpaired) electrons. The van der Waals surface area contributed by atoms with Crippen LogP contribution in [0.5, 0.6) is 0 Å². The van der Waals surface area contributed by atoms with Gasteiger partial charge in [-0.3, -0.25) is 0 Å². The number of nitrogens with zero attached hydrogens (tertiary/aromatic N) is 3. The molecule has 1 aliphatic carbocycles. The molecule has 258 valence electrons. The van der Waals surface area contributed by atoms with E-state index in [0.29, 0.717) is 34.9 Å². The van der Waals surface area contributed by atoms with Gasteiger partial charge in [0.05, 0.1) is 16.7 Å². The van der Waals surface area contributed by atoms with Gasteiger partial charge >= 0.3 is 0 Å². The molecule has 4 aromatic carbocycles. The highest BCUT2D eigenvalue weighted by molar-refractivity contribution is 7.99. The monoisotopic (exact) mass is 722 g/mol. The second-order valence-electron chi connectivity index (χ2n) is 12.1. The van der Waals surface area contributed by atoms with Crippen LogP contribution in [-0.4, -0.2) is 64.5 Å². The molecule has 0 fully saturated rings. The average molecular weight is 723 g/mol. The van der Waals surface area contributed by atoms with Crippen LogP contribution in [0.4, 0.5) is 5.69 Å². The number of hydrogen-bond donors (Lipinski definition) is 0. The summed E-state index contributed by atoms with van der Waals surface area (Å²) in [7, 11) is 0.451. The van der Waals surface area contributed by atoms with Gasteiger partial charge in [0, 0.05) is 82.1 Å². The summed E-state index contributed by atoms with van der Waals surface area (Å²) in [5.74, 6) is 2.59. The van der Waals surface area contributed by atoms with E-state index in [0.717, 1.165) is 52.2 Å². The first-order valence-corrected chi connectivity index (χ1v) is 20.4. The smallest absolute Gasteiger partial charge is 0.243 e. The number of hydrogen-bond acceptors (Lipinski definition) is 6. The van der Waals surface area contributed by atoms with Crippen molar-refractivity contribution in [2.75, 3.05) is 56.7 Å². The van der Waals surface area contributed by atoms with Crippen LogP contribution in [0.2, 0.25) is 0 Å². The standard InChI is InChI=1S/C41H44N3O3S3/c1-5-44(6-2)50(45,46)40-20-14-13-19-37(40)41-35-23-21-31(42(3)25-27-48-33-15-9-7-10-16-33)29-38(35)47-39-30-32(22-24-36(39)41)43(4)26-28-49-34-17-11-8-12-18-34/h7-24,29-30H,5-6,25-28H2,1-4H3/q+1. The highest BCUT2D eigenvalue weighted by Gasteiger charge is 2.28. The topological polar surface area (TPSA) is 56.8 Å². The first-order chi connectivity index (χ1) is 24.3. The van der Waals surface area contributed by atoms with Crippen LogP contribution in [0, 0.1) is 0 Å². The second-order valence-corrected chi connectivity index (χ2v) is 16.3. The lowest BCUT2D eigenvalue weighted by molar-refractivity contribution is 0.445. The Hall–Kier alpha value is -4.02. The van der Waals surface area contributed by atoms with Crippen LogP contribution in [0.25, 0.3) is 33.4 Å². The zero-order valence-electron chi connectivity index (χ0n) is 29.1. The maximum atomic E-state index is 14.0. The van der Waals surface area contributed by atoms with E-state index in [-0.39, 0.29) is 0 Å². The van der Waals surface area contributed by atoms with Crippen molar-refractivity contribution in [3.05, 3.63) is 127 Å². The first-order valence-electron chi connectivity index (χ1n) is 17.0. The summed E-state index contributed by atoms with van der Waals surface area (Å²) in [6, 6.07) is 40.8. The lowest BCUT2D eigenvalue weighted by atomic mass is 9.93. The zero-order valence-corrected chi connectivity index (χ0v) is 31.5. The van der Waals surface area contributed by atoms with Crippen LogP contribution in [-0.2, 0) is 10.0 Å². The molecule has 2 aliphatic rings. The molecule has 0 spiro atoms. The van der Waals surface area contributed by atoms with E-state index in [1.807, 2.05) is 61.6 Å². The fourth-order valence-electron chi connectivity index (χ4n) is 6.13. The van der Waals surface area contributed by atoms with Gasteiger partial charge < -0.3 is 9.32 Å². The van der Waals surface area contributed by atoms with Gasteiger partial charge in [-0.05, 0) is 48.5 Å². The molecule has 50 heavy (non-hydrogen) atoms. The predicted octanol–water partition coefficient (Wildman–Crippen LogP) is 8.66. The summed E-state index contributed by atoms with van der Waals surface area (Å²) < 4.78 is 38.6. The maximum Gasteiger partial charge on any atom is 0.243 e. The van der Waals surface area contributed by atoms with Crippen LogP contribution in [0.15, 0.2) is 140 Å². The van der Waals surface area contributed by atoms with Crippen LogP contribution < -0.4 is 14.8 Å². The summed E-state index contributed by atoms with van der Waals surface area (Å²) in [5, 5.41) is 1.91. The van der Waals surface area contributed by atoms with Gasteiger partial charge in [0.15, 0.2) is 6.54 Å². The highest BCUT2D eigenvalue weighted by Crippen LogP contribution is 2.43. The van der Waals surface area contributed by atoms with E-state index in [9.17, 15) is 8.42 Å². The van der Waals surface area contributed by atoms with Crippen LogP contribution in [0.3, 0.4) is 0 Å². The van der Waals surface area contributed by atoms with Crippen molar-refractivity contribution in [2.45, 2.75) is 28.5 Å². The van der Waals surface area contributed by atoms with E-state index >= 15 is 0 Å². The van der Waals surface area contributed by atoms with E-state index in [2.05, 4.69) is 108 Å². The highest BCUT2D eigenvalue weighted by atomic mass is 32.2. The molecular weight excluding hydrogens is 679 g/mol. The molecule has 4 aromatic rings. The van der Waals surface area contributed by atoms with Gasteiger partial charge in [-0.25, -0.2) is 13.0 Å². The summed E-state index contributed by atoms with van der Waals surface area (Å²) >= 11 is 3.67. The number of rotatable bonds is 14. The van der Waals surface area contributed by atoms with Crippen molar-refractivity contribution in [1.29, 1.82) is 0 Å². The minimum absolute atomic E-state index is 0.302. The Bertz CT molecular complexity index is 2200. The van der Waals surface area contributed by atoms with Crippen LogP contribution >= 0.6 is 23.5 Å². The fraction of sp³-hybridized carbons (Fsp3) is 0.244. The molecule has 0 N–H and O–H groups in total. The van der Waals surface area contributed by atoms with E-state index in [1.165, 1.54) is 14.1 Å². The van der Waals surface area contributed by atoms with Crippen molar-refractivity contribution in [3.63, 3.8) is 0 Å². The average Bonchev–Trinajstić information content (AvgIpc) is 3.14. The Kier molecular flexibility index (Phi) is 11.7. The minimum atomic E-state index is -3.75. The molecule has 0 saturated carbocycles. The summed E-state index contributed by atoms with van der Waals surface area (Å²) in [6.07, 6.45) is 0. The van der Waals surface area contributed by atoms with Crippen molar-refractivity contribution in [2.24, 2.45) is 0 Å². The molecule has 6 rings (SSSR count). The summed E-state index contributed by atoms with van der Waals surface area (Å²) in [4.78, 5) is 5.05. The number of benzene rings is 5. The number of anilines is 1. The Morgan fingerprint density at radius 3 is 2.04 bits per heavy atom. The van der Waals surface area contributed by atoms with Gasteiger partial charge in [0.2, 0.25) is 15.4 Å². The van der Waals surface area contributed by atoms with Gasteiger partial charge in [0.1, 0.15) is 18.4 Å². The molecular formula is C41H44N3O3S3+. The van der Waals surface area contributed by atoms with Crippen molar-refractivity contribution >= 4 is 50.2 Å². The number of thioether (sulfide) groups is 2. The second kappa shape index (κ2) is 16.3. The minimum Gasteiger partial charge on any atom is -0.456 e. The van der Waals surface area contributed by atoms with E-state index < -0.39 is 10.0 Å². The first kappa shape index (κ1) is 35.8. The molecule has 9 heteroatoms. The van der Waals surface area contributed by atoms with E-state index in [1.54, 1.807) is 12.1 Å². The quantitative estimate of drug-likeness (QED) is 0.0638. The normalized spacial score (nSPS) is 12.5. The molecule has 0 saturated heterocycles. The third-order valence-electron chi connectivity index (χ3n) is 8.93. The third-order valence-corrected chi connectivity index (χ3v) is 13.0. The predicted molar refractivity (Wildman–Crippen MR) is 212 cm³/mol. The van der Waals surface area contributed by atoms with Crippen molar-refractivity contribution in [3.8, 4) is 22.5 Å². The van der Waals surface area contributed by atoms with Gasteiger partial charge in [0.25, 0.3) is 0 Å². The Labute approximate surface area is 304 Å². The van der Waals surface area contributed by atoms with Gasteiger partial charge in [-0.15, -0.1) is 23.5 Å². The van der Waals surface area contributed by atoms with E-state index in [4.69, 9.17) is 4.42 Å². The van der Waals surface area contributed by atoms with Gasteiger partial charge in [-0.2, -0.15) is 4.31 Å². The number of fused-ring (bicyclic) bond motifs is 2. The molecule has 0 aromatic heterocycles. The third kappa shape index (κ3) is 7.97. The molecule has 1 aliphatic heterocycles. The number of sulfonamides is 1. The fourth-order valence-corrected chi connectivity index (χ4v) is 9.68. The molecule has 6 nitrogen and oxygen atoms in total. The Morgan fingerprint density at radius 1 is 0.720 bits per heavy atom. The molecule has 0 bridgehead atoms. The lowest BCUT2D eigenvalue weighted by Gasteiger charge is -2.23. The molecule has 0 atom stereocenters. The molecule has 0 amide bonds. The molecule has 1 heterocycles. The SMILES string of the molecule is CCN(CC)S(=O)(=O)c1ccccc1-c1c2ccc(=[N+](C)CCSc3ccccc3)cc-2oc2cc(N(C)CCSc3ccccc3)ccc12. The van der Waals surface area contributed by atoms with Crippen molar-refractivity contribution in [1.82, 2.24) is 8.88 Å². The maximum absolute atomic E-state index is 14.0. The van der Waals surface area contributed by atoms with Crippen molar-refractivity contribution < 1.29 is 12.8 Å². The lowest BCUT2D eigenvalue weighted by Crippen LogP contribution is -2.31. The van der Waals surface area contributed by atoms with Gasteiger partial charge in [-0.1, -0.05) is 68.4 Å². The zero-order chi connectivity index (χ0) is 35.1. The van der Waals surface area contributed by atoms with Crippen LogP contribution in [0.1, 0.15) is 13.8 Å². The Balaban J connectivity index is 1.44. The summed E-state index contributed by atoms with van der Waals surface area (Å²) in [6.45, 7) is 6.26. The summed E-state index contributed by atoms with van der Waals surface area (Å²) in [5.41, 5.74) is 4.15. The molecule has 0 unspecified atom stereocenters. The largest absolute Gasteiger partial charge is 0.456 e.